The van der Waals surface area contributed by atoms with Crippen LogP contribution in [0.1, 0.15) is 16.8 Å². The quantitative estimate of drug-likeness (QED) is 0.533. The van der Waals surface area contributed by atoms with Crippen LogP contribution >= 0.6 is 11.6 Å². The first-order chi connectivity index (χ1) is 14.5. The fraction of sp³-hybridized carbons (Fsp3) is 0.217. The van der Waals surface area contributed by atoms with E-state index in [1.54, 1.807) is 25.4 Å². The summed E-state index contributed by atoms with van der Waals surface area (Å²) in [4.78, 5) is 16.4. The summed E-state index contributed by atoms with van der Waals surface area (Å²) >= 11 is 6.41. The van der Waals surface area contributed by atoms with Crippen molar-refractivity contribution < 1.29 is 14.3 Å². The van der Waals surface area contributed by atoms with Gasteiger partial charge in [0.05, 0.1) is 12.8 Å². The highest BCUT2D eigenvalue weighted by molar-refractivity contribution is 6.31. The number of ether oxygens (including phenoxy) is 2. The Morgan fingerprint density at radius 2 is 1.87 bits per heavy atom. The number of nitrogens with one attached hydrogen (secondary N) is 2. The number of halogens is 1. The number of rotatable bonds is 9. The van der Waals surface area contributed by atoms with Crippen molar-refractivity contribution in [2.75, 3.05) is 19.0 Å². The average Bonchev–Trinajstić information content (AvgIpc) is 2.76. The molecule has 3 rings (SSSR count). The first kappa shape index (κ1) is 21.6. The van der Waals surface area contributed by atoms with Crippen LogP contribution in [0.15, 0.2) is 60.8 Å². The highest BCUT2D eigenvalue weighted by Gasteiger charge is 2.13. The average molecular weight is 426 g/mol. The maximum absolute atomic E-state index is 12.2. The first-order valence-corrected chi connectivity index (χ1v) is 9.89. The van der Waals surface area contributed by atoms with Crippen molar-refractivity contribution in [2.24, 2.45) is 0 Å². The van der Waals surface area contributed by atoms with Gasteiger partial charge in [-0.2, -0.15) is 0 Å². The largest absolute Gasteiger partial charge is 0.493 e. The Bertz CT molecular complexity index is 979. The molecule has 0 bridgehead atoms. The van der Waals surface area contributed by atoms with E-state index in [1.165, 1.54) is 0 Å². The second-order valence-electron chi connectivity index (χ2n) is 6.72. The summed E-state index contributed by atoms with van der Waals surface area (Å²) in [5, 5.41) is 6.62. The molecule has 1 aromatic heterocycles. The molecule has 0 spiro atoms. The SMILES string of the molecule is COc1cc(CNCc2ccccn2)c(Cl)cc1OCC(=O)Nc1ccc(C)cc1. The van der Waals surface area contributed by atoms with Gasteiger partial charge < -0.3 is 20.1 Å². The van der Waals surface area contributed by atoms with Crippen LogP contribution in [-0.4, -0.2) is 24.6 Å². The van der Waals surface area contributed by atoms with Gasteiger partial charge in [0.1, 0.15) is 0 Å². The number of pyridine rings is 1. The summed E-state index contributed by atoms with van der Waals surface area (Å²) in [6.45, 7) is 3.00. The molecule has 156 valence electrons. The predicted octanol–water partition coefficient (Wildman–Crippen LogP) is 4.36. The van der Waals surface area contributed by atoms with Crippen LogP contribution in [0.4, 0.5) is 5.69 Å². The number of nitrogens with zero attached hydrogens (tertiary/aromatic N) is 1. The van der Waals surface area contributed by atoms with Gasteiger partial charge in [-0.3, -0.25) is 9.78 Å². The molecule has 0 fully saturated rings. The van der Waals surface area contributed by atoms with Crippen LogP contribution in [0.25, 0.3) is 0 Å². The lowest BCUT2D eigenvalue weighted by Gasteiger charge is -2.14. The van der Waals surface area contributed by atoms with Gasteiger partial charge in [-0.15, -0.1) is 0 Å². The number of aryl methyl sites for hydroxylation is 1. The highest BCUT2D eigenvalue weighted by Crippen LogP contribution is 2.33. The van der Waals surface area contributed by atoms with Crippen molar-refractivity contribution in [3.63, 3.8) is 0 Å². The Hall–Kier alpha value is -3.09. The number of carbonyl (C=O) groups excluding carboxylic acids is 1. The molecule has 2 N–H and O–H groups in total. The Morgan fingerprint density at radius 1 is 1.07 bits per heavy atom. The minimum atomic E-state index is -0.266. The van der Waals surface area contributed by atoms with Crippen molar-refractivity contribution in [2.45, 2.75) is 20.0 Å². The smallest absolute Gasteiger partial charge is 0.262 e. The van der Waals surface area contributed by atoms with Crippen LogP contribution in [0, 0.1) is 6.92 Å². The number of methoxy groups -OCH3 is 1. The normalized spacial score (nSPS) is 10.5. The summed E-state index contributed by atoms with van der Waals surface area (Å²) in [6, 6.07) is 16.8. The fourth-order valence-electron chi connectivity index (χ4n) is 2.79. The molecule has 0 unspecified atom stereocenters. The number of hydrogen-bond donors (Lipinski definition) is 2. The van der Waals surface area contributed by atoms with E-state index in [-0.39, 0.29) is 12.5 Å². The first-order valence-electron chi connectivity index (χ1n) is 9.51. The highest BCUT2D eigenvalue weighted by atomic mass is 35.5. The molecule has 0 radical (unpaired) electrons. The number of hydrogen-bond acceptors (Lipinski definition) is 5. The minimum Gasteiger partial charge on any atom is -0.493 e. The third-order valence-electron chi connectivity index (χ3n) is 4.37. The molecule has 0 aliphatic rings. The van der Waals surface area contributed by atoms with E-state index in [2.05, 4.69) is 15.6 Å². The molecule has 0 aliphatic carbocycles. The fourth-order valence-corrected chi connectivity index (χ4v) is 3.01. The zero-order chi connectivity index (χ0) is 21.3. The van der Waals surface area contributed by atoms with Gasteiger partial charge in [-0.05, 0) is 42.8 Å². The Morgan fingerprint density at radius 3 is 2.57 bits per heavy atom. The molecule has 1 heterocycles. The van der Waals surface area contributed by atoms with E-state index in [0.29, 0.717) is 35.3 Å². The topological polar surface area (TPSA) is 72.5 Å². The van der Waals surface area contributed by atoms with Crippen LogP contribution in [0.3, 0.4) is 0 Å². The molecule has 0 saturated heterocycles. The number of benzene rings is 2. The number of amides is 1. The van der Waals surface area contributed by atoms with Gasteiger partial charge >= 0.3 is 0 Å². The lowest BCUT2D eigenvalue weighted by Crippen LogP contribution is -2.20. The molecule has 7 heteroatoms. The summed E-state index contributed by atoms with van der Waals surface area (Å²) in [5.41, 5.74) is 3.65. The Kier molecular flexibility index (Phi) is 7.65. The van der Waals surface area contributed by atoms with Crippen molar-refractivity contribution in [1.82, 2.24) is 10.3 Å². The van der Waals surface area contributed by atoms with Gasteiger partial charge in [0.15, 0.2) is 18.1 Å². The van der Waals surface area contributed by atoms with Gasteiger partial charge in [-0.25, -0.2) is 0 Å². The van der Waals surface area contributed by atoms with Crippen molar-refractivity contribution >= 4 is 23.2 Å². The maximum Gasteiger partial charge on any atom is 0.262 e. The maximum atomic E-state index is 12.2. The molecular weight excluding hydrogens is 402 g/mol. The van der Waals surface area contributed by atoms with E-state index in [1.807, 2.05) is 49.4 Å². The number of anilines is 1. The predicted molar refractivity (Wildman–Crippen MR) is 118 cm³/mol. The Balaban J connectivity index is 1.57. The number of carbonyl (C=O) groups is 1. The van der Waals surface area contributed by atoms with Gasteiger partial charge in [-0.1, -0.05) is 35.4 Å². The van der Waals surface area contributed by atoms with Gasteiger partial charge in [0.25, 0.3) is 5.91 Å². The van der Waals surface area contributed by atoms with E-state index in [9.17, 15) is 4.79 Å². The monoisotopic (exact) mass is 425 g/mol. The zero-order valence-corrected chi connectivity index (χ0v) is 17.7. The zero-order valence-electron chi connectivity index (χ0n) is 16.9. The Labute approximate surface area is 181 Å². The molecule has 3 aromatic rings. The second-order valence-corrected chi connectivity index (χ2v) is 7.13. The minimum absolute atomic E-state index is 0.155. The molecule has 0 aliphatic heterocycles. The summed E-state index contributed by atoms with van der Waals surface area (Å²) in [6.07, 6.45) is 1.76. The second kappa shape index (κ2) is 10.6. The van der Waals surface area contributed by atoms with Crippen LogP contribution in [-0.2, 0) is 17.9 Å². The van der Waals surface area contributed by atoms with Crippen molar-refractivity contribution in [3.8, 4) is 11.5 Å². The van der Waals surface area contributed by atoms with E-state index in [4.69, 9.17) is 21.1 Å². The summed E-state index contributed by atoms with van der Waals surface area (Å²) in [7, 11) is 1.55. The van der Waals surface area contributed by atoms with Crippen molar-refractivity contribution in [1.29, 1.82) is 0 Å². The van der Waals surface area contributed by atoms with Gasteiger partial charge in [0.2, 0.25) is 0 Å². The summed E-state index contributed by atoms with van der Waals surface area (Å²) < 4.78 is 11.1. The molecular formula is C23H24ClN3O3. The van der Waals surface area contributed by atoms with E-state index in [0.717, 1.165) is 16.8 Å². The number of aromatic nitrogens is 1. The van der Waals surface area contributed by atoms with E-state index < -0.39 is 0 Å². The third-order valence-corrected chi connectivity index (χ3v) is 4.73. The van der Waals surface area contributed by atoms with Gasteiger partial charge in [0, 0.05) is 36.1 Å². The molecule has 0 saturated carbocycles. The third kappa shape index (κ3) is 6.20. The lowest BCUT2D eigenvalue weighted by atomic mass is 10.2. The molecule has 6 nitrogen and oxygen atoms in total. The van der Waals surface area contributed by atoms with Crippen LogP contribution in [0.2, 0.25) is 5.02 Å². The lowest BCUT2D eigenvalue weighted by molar-refractivity contribution is -0.118. The van der Waals surface area contributed by atoms with Crippen molar-refractivity contribution in [3.05, 3.63) is 82.6 Å². The molecule has 30 heavy (non-hydrogen) atoms. The standard InChI is InChI=1S/C23H24ClN3O3/c1-16-6-8-18(9-7-16)27-23(28)15-30-22-12-20(24)17(11-21(22)29-2)13-25-14-19-5-3-4-10-26-19/h3-12,25H,13-15H2,1-2H3,(H,27,28). The molecule has 1 amide bonds. The molecule has 0 atom stereocenters. The molecule has 2 aromatic carbocycles. The van der Waals surface area contributed by atoms with Crippen LogP contribution in [0.5, 0.6) is 11.5 Å². The summed E-state index contributed by atoms with van der Waals surface area (Å²) in [5.74, 6) is 0.658. The van der Waals surface area contributed by atoms with Crippen LogP contribution < -0.4 is 20.1 Å². The van der Waals surface area contributed by atoms with E-state index >= 15 is 0 Å².